The molecule has 2 N–H and O–H groups in total. The fraction of sp³-hybridized carbons (Fsp3) is 0.408. The van der Waals surface area contributed by atoms with Crippen molar-refractivity contribution in [2.75, 3.05) is 40.0 Å². The minimum atomic E-state index is -0.763. The average molecular weight is 848 g/mol. The Morgan fingerprint density at radius 1 is 0.613 bits per heavy atom. The van der Waals surface area contributed by atoms with Gasteiger partial charge in [-0.15, -0.1) is 0 Å². The van der Waals surface area contributed by atoms with E-state index >= 15 is 0 Å². The molecule has 0 saturated carbocycles. The van der Waals surface area contributed by atoms with Crippen LogP contribution in [0.4, 0.5) is 0 Å². The molecule has 0 unspecified atom stereocenters. The Bertz CT molecular complexity index is 2330. The average Bonchev–Trinajstić information content (AvgIpc) is 3.81. The van der Waals surface area contributed by atoms with E-state index in [0.29, 0.717) is 45.8 Å². The summed E-state index contributed by atoms with van der Waals surface area (Å²) in [6.07, 6.45) is 5.95. The second-order valence-corrected chi connectivity index (χ2v) is 15.2. The molecule has 0 radical (unpaired) electrons. The van der Waals surface area contributed by atoms with Crippen LogP contribution in [-0.4, -0.2) is 92.1 Å². The van der Waals surface area contributed by atoms with Gasteiger partial charge in [0.25, 0.3) is 0 Å². The van der Waals surface area contributed by atoms with Crippen LogP contribution in [0.5, 0.6) is 11.5 Å². The number of likely N-dealkylation sites (N-methyl/N-ethyl adjacent to an activating group) is 1. The van der Waals surface area contributed by atoms with E-state index < -0.39 is 11.9 Å². The molecule has 0 bridgehead atoms. The number of imidazole rings is 2. The van der Waals surface area contributed by atoms with Crippen molar-refractivity contribution >= 4 is 39.9 Å². The number of aromatic nitrogens is 4. The minimum absolute atomic E-state index is 0.0631. The van der Waals surface area contributed by atoms with E-state index in [9.17, 15) is 14.4 Å². The van der Waals surface area contributed by atoms with Crippen LogP contribution in [0.15, 0.2) is 91.0 Å². The van der Waals surface area contributed by atoms with Crippen molar-refractivity contribution in [1.29, 1.82) is 0 Å². The summed E-state index contributed by atoms with van der Waals surface area (Å²) in [4.78, 5) is 45.5. The maximum absolute atomic E-state index is 12.9. The van der Waals surface area contributed by atoms with Crippen LogP contribution in [0.2, 0.25) is 0 Å². The molecule has 0 fully saturated rings. The van der Waals surface area contributed by atoms with E-state index in [1.54, 1.807) is 7.11 Å². The first-order chi connectivity index (χ1) is 30.1. The largest absolute Gasteiger partial charge is 0.494 e. The molecule has 2 aromatic heterocycles. The van der Waals surface area contributed by atoms with Crippen molar-refractivity contribution in [3.05, 3.63) is 96.6 Å². The van der Waals surface area contributed by atoms with Crippen LogP contribution in [0.3, 0.4) is 0 Å². The molecule has 0 aliphatic carbocycles. The SMILES string of the molecule is CCN(CC)C(=O)Cn1c(-c2ccccc2)nc2cc(OCCCCCC(=O)O)ccc21.COCCCn1c(-c2ccc(C)cc2)nc2ccc(OCCCCCC(=O)O)cc21. The molecule has 6 rings (SSSR count). The van der Waals surface area contributed by atoms with Crippen molar-refractivity contribution in [2.45, 2.75) is 91.6 Å². The van der Waals surface area contributed by atoms with E-state index in [0.717, 1.165) is 95.0 Å². The van der Waals surface area contributed by atoms with Crippen LogP contribution in [0.1, 0.15) is 77.2 Å². The van der Waals surface area contributed by atoms with Gasteiger partial charge in [0.2, 0.25) is 5.91 Å². The Morgan fingerprint density at radius 2 is 1.19 bits per heavy atom. The first-order valence-electron chi connectivity index (χ1n) is 21.7. The molecular formula is C49H61N5O8. The number of unbranched alkanes of at least 4 members (excludes halogenated alkanes) is 4. The number of carbonyl (C=O) groups is 3. The maximum Gasteiger partial charge on any atom is 0.303 e. The topological polar surface area (TPSA) is 158 Å². The lowest BCUT2D eigenvalue weighted by Crippen LogP contribution is -2.33. The smallest absolute Gasteiger partial charge is 0.303 e. The van der Waals surface area contributed by atoms with Gasteiger partial charge in [-0.05, 0) is 90.0 Å². The molecule has 4 aromatic carbocycles. The van der Waals surface area contributed by atoms with Gasteiger partial charge in [-0.25, -0.2) is 9.97 Å². The molecule has 0 aliphatic rings. The number of hydrogen-bond acceptors (Lipinski definition) is 8. The summed E-state index contributed by atoms with van der Waals surface area (Å²) in [5.74, 6) is 1.79. The Hall–Kier alpha value is -6.21. The zero-order valence-electron chi connectivity index (χ0n) is 36.6. The van der Waals surface area contributed by atoms with Gasteiger partial charge in [-0.1, -0.05) is 60.2 Å². The summed E-state index contributed by atoms with van der Waals surface area (Å²) in [6, 6.07) is 30.0. The highest BCUT2D eigenvalue weighted by Crippen LogP contribution is 2.30. The second kappa shape index (κ2) is 24.3. The number of methoxy groups -OCH3 is 1. The van der Waals surface area contributed by atoms with E-state index in [4.69, 9.17) is 34.4 Å². The number of hydrogen-bond donors (Lipinski definition) is 2. The number of carbonyl (C=O) groups excluding carboxylic acids is 1. The summed E-state index contributed by atoms with van der Waals surface area (Å²) >= 11 is 0. The summed E-state index contributed by atoms with van der Waals surface area (Å²) in [7, 11) is 1.72. The molecule has 1 amide bonds. The number of aliphatic carboxylic acids is 2. The predicted octanol–water partition coefficient (Wildman–Crippen LogP) is 9.67. The van der Waals surface area contributed by atoms with Crippen molar-refractivity contribution in [3.63, 3.8) is 0 Å². The van der Waals surface area contributed by atoms with E-state index in [2.05, 4.69) is 35.8 Å². The summed E-state index contributed by atoms with van der Waals surface area (Å²) in [6.45, 7) is 10.2. The van der Waals surface area contributed by atoms with Crippen molar-refractivity contribution in [3.8, 4) is 34.3 Å². The van der Waals surface area contributed by atoms with Crippen LogP contribution in [0.25, 0.3) is 44.8 Å². The van der Waals surface area contributed by atoms with Gasteiger partial charge >= 0.3 is 11.9 Å². The number of ether oxygens (including phenoxy) is 3. The molecule has 13 nitrogen and oxygen atoms in total. The van der Waals surface area contributed by atoms with Crippen molar-refractivity contribution in [2.24, 2.45) is 0 Å². The number of carboxylic acid groups (broad SMARTS) is 2. The standard InChI is InChI=1S/C25H31N3O4.C24H30N2O4/c1-3-27(4-2)23(29)18-28-22-15-14-20(32-16-10-6-9-13-24(30)31)17-21(22)26-25(28)19-11-7-5-8-12-19;1-18-8-10-19(11-9-18)24-25-21-13-12-20(30-16-5-3-4-7-23(27)28)17-22(21)26(24)14-6-15-29-2/h5,7-8,11-12,14-15,17H,3-4,6,9-10,13,16,18H2,1-2H3,(H,30,31);8-13,17H,3-7,14-16H2,1-2H3,(H,27,28). The Kier molecular flexibility index (Phi) is 18.4. The highest BCUT2D eigenvalue weighted by atomic mass is 16.5. The Morgan fingerprint density at radius 3 is 1.81 bits per heavy atom. The third-order valence-corrected chi connectivity index (χ3v) is 10.5. The maximum atomic E-state index is 12.9. The monoisotopic (exact) mass is 847 g/mol. The molecule has 13 heteroatoms. The number of nitrogens with zero attached hydrogens (tertiary/aromatic N) is 5. The number of fused-ring (bicyclic) bond motifs is 2. The second-order valence-electron chi connectivity index (χ2n) is 15.2. The van der Waals surface area contributed by atoms with E-state index in [1.165, 1.54) is 5.56 Å². The highest BCUT2D eigenvalue weighted by molar-refractivity contribution is 5.86. The van der Waals surface area contributed by atoms with Crippen molar-refractivity contribution < 1.29 is 38.8 Å². The molecule has 2 heterocycles. The number of carboxylic acids is 2. The summed E-state index contributed by atoms with van der Waals surface area (Å²) < 4.78 is 21.2. The summed E-state index contributed by atoms with van der Waals surface area (Å²) in [5, 5.41) is 17.4. The lowest BCUT2D eigenvalue weighted by Gasteiger charge is -2.20. The molecule has 0 atom stereocenters. The number of aryl methyl sites for hydroxylation is 2. The predicted molar refractivity (Wildman–Crippen MR) is 243 cm³/mol. The van der Waals surface area contributed by atoms with Gasteiger partial charge in [0.15, 0.2) is 0 Å². The molecule has 0 aliphatic heterocycles. The third kappa shape index (κ3) is 13.7. The lowest BCUT2D eigenvalue weighted by atomic mass is 10.1. The first-order valence-corrected chi connectivity index (χ1v) is 21.7. The zero-order valence-corrected chi connectivity index (χ0v) is 36.6. The van der Waals surface area contributed by atoms with Crippen LogP contribution in [0, 0.1) is 6.92 Å². The molecule has 0 saturated heterocycles. The Labute approximate surface area is 364 Å². The van der Waals surface area contributed by atoms with Gasteiger partial charge in [0.1, 0.15) is 29.7 Å². The van der Waals surface area contributed by atoms with E-state index in [1.807, 2.05) is 90.0 Å². The van der Waals surface area contributed by atoms with Gasteiger partial charge in [0, 0.05) is 69.5 Å². The molecule has 6 aromatic rings. The molecule has 62 heavy (non-hydrogen) atoms. The van der Waals surface area contributed by atoms with E-state index in [-0.39, 0.29) is 25.3 Å². The fourth-order valence-corrected chi connectivity index (χ4v) is 7.18. The number of benzene rings is 4. The fourth-order valence-electron chi connectivity index (χ4n) is 7.18. The third-order valence-electron chi connectivity index (χ3n) is 10.5. The minimum Gasteiger partial charge on any atom is -0.494 e. The van der Waals surface area contributed by atoms with Crippen molar-refractivity contribution in [1.82, 2.24) is 24.0 Å². The lowest BCUT2D eigenvalue weighted by molar-refractivity contribution is -0.138. The quantitative estimate of drug-likeness (QED) is 0.0562. The first kappa shape index (κ1) is 46.8. The highest BCUT2D eigenvalue weighted by Gasteiger charge is 2.19. The Balaban J connectivity index is 0.000000235. The molecule has 0 spiro atoms. The number of rotatable bonds is 24. The van der Waals surface area contributed by atoms with Gasteiger partial charge in [-0.3, -0.25) is 14.4 Å². The van der Waals surface area contributed by atoms with Gasteiger partial charge in [-0.2, -0.15) is 0 Å². The van der Waals surface area contributed by atoms with Gasteiger partial charge in [0.05, 0.1) is 35.3 Å². The normalized spacial score (nSPS) is 11.0. The van der Waals surface area contributed by atoms with Crippen LogP contribution < -0.4 is 9.47 Å². The molecular weight excluding hydrogens is 787 g/mol. The number of amides is 1. The van der Waals surface area contributed by atoms with Gasteiger partial charge < -0.3 is 38.5 Å². The summed E-state index contributed by atoms with van der Waals surface area (Å²) in [5.41, 5.74) is 6.92. The van der Waals surface area contributed by atoms with Crippen LogP contribution >= 0.6 is 0 Å². The van der Waals surface area contributed by atoms with Crippen LogP contribution in [-0.2, 0) is 32.2 Å². The molecule has 330 valence electrons. The zero-order chi connectivity index (χ0) is 44.3.